The van der Waals surface area contributed by atoms with E-state index in [1.165, 1.54) is 11.3 Å². The minimum absolute atomic E-state index is 0.00317. The van der Waals surface area contributed by atoms with Gasteiger partial charge in [-0.1, -0.05) is 61.4 Å². The summed E-state index contributed by atoms with van der Waals surface area (Å²) in [6.45, 7) is 1.06. The number of aromatic nitrogens is 1. The van der Waals surface area contributed by atoms with E-state index in [0.717, 1.165) is 25.0 Å². The predicted molar refractivity (Wildman–Crippen MR) is 109 cm³/mol. The van der Waals surface area contributed by atoms with Gasteiger partial charge in [0.25, 0.3) is 5.56 Å². The van der Waals surface area contributed by atoms with Gasteiger partial charge in [0, 0.05) is 14.6 Å². The summed E-state index contributed by atoms with van der Waals surface area (Å²) in [5.74, 6) is 0. The fraction of sp³-hybridized carbons (Fsp3) is 0.111. The highest BCUT2D eigenvalue weighted by molar-refractivity contribution is 9.10. The number of thiazole rings is 1. The molecule has 2 aromatic carbocycles. The monoisotopic (exact) mass is 477 g/mol. The molecule has 3 aromatic rings. The van der Waals surface area contributed by atoms with Gasteiger partial charge in [-0.05, 0) is 42.0 Å². The van der Waals surface area contributed by atoms with Crippen LogP contribution in [0.1, 0.15) is 5.56 Å². The van der Waals surface area contributed by atoms with Gasteiger partial charge in [0.1, 0.15) is 13.3 Å². The van der Waals surface area contributed by atoms with Gasteiger partial charge in [-0.25, -0.2) is 4.99 Å². The summed E-state index contributed by atoms with van der Waals surface area (Å²) >= 11 is 8.39. The molecule has 1 aliphatic rings. The van der Waals surface area contributed by atoms with Crippen molar-refractivity contribution in [2.24, 2.45) is 4.99 Å². The second kappa shape index (κ2) is 6.90. The van der Waals surface area contributed by atoms with Crippen molar-refractivity contribution in [2.45, 2.75) is 6.67 Å². The normalized spacial score (nSPS) is 14.3. The van der Waals surface area contributed by atoms with Gasteiger partial charge in [-0.3, -0.25) is 9.36 Å². The maximum Gasteiger partial charge on any atom is 0.271 e. The number of benzene rings is 2. The van der Waals surface area contributed by atoms with Gasteiger partial charge >= 0.3 is 0 Å². The molecular weight excluding hydrogens is 466 g/mol. The van der Waals surface area contributed by atoms with Crippen LogP contribution in [0.15, 0.2) is 67.3 Å². The van der Waals surface area contributed by atoms with E-state index in [-0.39, 0.29) is 5.56 Å². The molecule has 0 spiro atoms. The van der Waals surface area contributed by atoms with E-state index >= 15 is 0 Å². The van der Waals surface area contributed by atoms with E-state index in [1.54, 1.807) is 4.57 Å². The maximum absolute atomic E-state index is 12.8. The van der Waals surface area contributed by atoms with E-state index in [9.17, 15) is 4.79 Å². The average molecular weight is 479 g/mol. The van der Waals surface area contributed by atoms with Gasteiger partial charge in [-0.15, -0.1) is 0 Å². The molecule has 0 amide bonds. The molecule has 0 bridgehead atoms. The van der Waals surface area contributed by atoms with Crippen molar-refractivity contribution in [3.8, 4) is 0 Å². The Morgan fingerprint density at radius 3 is 2.60 bits per heavy atom. The lowest BCUT2D eigenvalue weighted by Crippen LogP contribution is -2.42. The lowest BCUT2D eigenvalue weighted by atomic mass is 10.2. The van der Waals surface area contributed by atoms with E-state index < -0.39 is 0 Å². The Morgan fingerprint density at radius 1 is 1.08 bits per heavy atom. The summed E-state index contributed by atoms with van der Waals surface area (Å²) in [6.07, 6.45) is 1.92. The fourth-order valence-corrected chi connectivity index (χ4v) is 4.46. The Bertz CT molecular complexity index is 1120. The van der Waals surface area contributed by atoms with Crippen LogP contribution in [-0.2, 0) is 6.67 Å². The third kappa shape index (κ3) is 3.49. The first-order valence-corrected chi connectivity index (χ1v) is 10.0. The second-order valence-corrected chi connectivity index (χ2v) is 8.48. The van der Waals surface area contributed by atoms with Crippen molar-refractivity contribution in [3.63, 3.8) is 0 Å². The summed E-state index contributed by atoms with van der Waals surface area (Å²) in [7, 11) is 0. The predicted octanol–water partition coefficient (Wildman–Crippen LogP) is 3.32. The SMILES string of the molecule is O=c1/c(=C/c2cccc(Br)c2)sc2n1CN(c1cccc(Br)c1)CN=2. The number of rotatable bonds is 2. The molecule has 1 aliphatic heterocycles. The Kier molecular flexibility index (Phi) is 4.62. The number of anilines is 1. The summed E-state index contributed by atoms with van der Waals surface area (Å²) in [5.41, 5.74) is 2.04. The van der Waals surface area contributed by atoms with Crippen LogP contribution < -0.4 is 19.8 Å². The van der Waals surface area contributed by atoms with Gasteiger partial charge in [-0.2, -0.15) is 0 Å². The molecule has 4 rings (SSSR count). The topological polar surface area (TPSA) is 37.6 Å². The summed E-state index contributed by atoms with van der Waals surface area (Å²) in [5, 5.41) is 0. The summed E-state index contributed by atoms with van der Waals surface area (Å²) in [4.78, 5) is 20.2. The van der Waals surface area contributed by atoms with Crippen molar-refractivity contribution in [3.05, 3.63) is 82.7 Å². The quantitative estimate of drug-likeness (QED) is 0.566. The highest BCUT2D eigenvalue weighted by atomic mass is 79.9. The van der Waals surface area contributed by atoms with Crippen molar-refractivity contribution in [2.75, 3.05) is 11.6 Å². The van der Waals surface area contributed by atoms with Gasteiger partial charge in [0.15, 0.2) is 4.80 Å². The van der Waals surface area contributed by atoms with Gasteiger partial charge in [0.2, 0.25) is 0 Å². The molecule has 0 saturated carbocycles. The molecule has 0 aliphatic carbocycles. The standard InChI is InChI=1S/C18H13Br2N3OS/c19-13-4-1-3-12(7-13)8-16-17(24)23-11-22(10-21-18(23)25-16)15-6-2-5-14(20)9-15/h1-9H,10-11H2/b16-8-. The zero-order valence-electron chi connectivity index (χ0n) is 13.0. The Labute approximate surface area is 165 Å². The Balaban J connectivity index is 1.73. The van der Waals surface area contributed by atoms with Crippen molar-refractivity contribution in [1.82, 2.24) is 4.57 Å². The lowest BCUT2D eigenvalue weighted by molar-refractivity contribution is 0.569. The first-order chi connectivity index (χ1) is 12.1. The molecule has 126 valence electrons. The zero-order chi connectivity index (χ0) is 17.4. The number of halogens is 2. The first kappa shape index (κ1) is 16.8. The minimum Gasteiger partial charge on any atom is -0.334 e. The largest absolute Gasteiger partial charge is 0.334 e. The van der Waals surface area contributed by atoms with Crippen LogP contribution >= 0.6 is 43.2 Å². The van der Waals surface area contributed by atoms with Crippen LogP contribution in [0.4, 0.5) is 5.69 Å². The molecule has 7 heteroatoms. The smallest absolute Gasteiger partial charge is 0.271 e. The molecule has 2 heterocycles. The second-order valence-electron chi connectivity index (χ2n) is 5.64. The van der Waals surface area contributed by atoms with Gasteiger partial charge < -0.3 is 4.90 Å². The molecule has 4 nitrogen and oxygen atoms in total. The number of hydrogen-bond donors (Lipinski definition) is 0. The molecule has 0 radical (unpaired) electrons. The lowest BCUT2D eigenvalue weighted by Gasteiger charge is -2.25. The molecule has 0 atom stereocenters. The molecule has 0 N–H and O–H groups in total. The van der Waals surface area contributed by atoms with Crippen LogP contribution in [0.25, 0.3) is 6.08 Å². The third-order valence-electron chi connectivity index (χ3n) is 3.90. The summed E-state index contributed by atoms with van der Waals surface area (Å²) in [6, 6.07) is 15.9. The average Bonchev–Trinajstić information content (AvgIpc) is 2.90. The Hall–Kier alpha value is -1.70. The van der Waals surface area contributed by atoms with Crippen LogP contribution in [0.5, 0.6) is 0 Å². The fourth-order valence-electron chi connectivity index (χ4n) is 2.70. The zero-order valence-corrected chi connectivity index (χ0v) is 17.0. The molecule has 0 unspecified atom stereocenters. The number of fused-ring (bicyclic) bond motifs is 1. The van der Waals surface area contributed by atoms with E-state index in [4.69, 9.17) is 0 Å². The maximum atomic E-state index is 12.8. The number of nitrogens with zero attached hydrogens (tertiary/aromatic N) is 3. The van der Waals surface area contributed by atoms with Crippen LogP contribution in [0, 0.1) is 0 Å². The molecule has 25 heavy (non-hydrogen) atoms. The molecule has 1 aromatic heterocycles. The summed E-state index contributed by atoms with van der Waals surface area (Å²) < 4.78 is 4.44. The van der Waals surface area contributed by atoms with Crippen LogP contribution in [-0.4, -0.2) is 11.2 Å². The minimum atomic E-state index is 0.00317. The van der Waals surface area contributed by atoms with E-state index in [0.29, 0.717) is 17.9 Å². The highest BCUT2D eigenvalue weighted by Gasteiger charge is 2.16. The molecule has 0 saturated heterocycles. The highest BCUT2D eigenvalue weighted by Crippen LogP contribution is 2.20. The van der Waals surface area contributed by atoms with E-state index in [1.807, 2.05) is 54.6 Å². The molecule has 0 fully saturated rings. The van der Waals surface area contributed by atoms with Crippen LogP contribution in [0.3, 0.4) is 0 Å². The van der Waals surface area contributed by atoms with E-state index in [2.05, 4.69) is 41.8 Å². The first-order valence-electron chi connectivity index (χ1n) is 7.62. The number of hydrogen-bond acceptors (Lipinski definition) is 4. The van der Waals surface area contributed by atoms with Gasteiger partial charge in [0.05, 0.1) is 4.53 Å². The van der Waals surface area contributed by atoms with Crippen LogP contribution in [0.2, 0.25) is 0 Å². The Morgan fingerprint density at radius 2 is 1.84 bits per heavy atom. The molecular formula is C18H13Br2N3OS. The third-order valence-corrected chi connectivity index (χ3v) is 5.93. The van der Waals surface area contributed by atoms with Crippen molar-refractivity contribution in [1.29, 1.82) is 0 Å². The van der Waals surface area contributed by atoms with Crippen molar-refractivity contribution >= 4 is 55.0 Å². The van der Waals surface area contributed by atoms with Crippen molar-refractivity contribution < 1.29 is 0 Å².